The van der Waals surface area contributed by atoms with E-state index in [0.29, 0.717) is 11.6 Å². The van der Waals surface area contributed by atoms with Crippen molar-refractivity contribution in [3.63, 3.8) is 0 Å². The molecule has 100 valence electrons. The van der Waals surface area contributed by atoms with Gasteiger partial charge in [0.05, 0.1) is 23.5 Å². The van der Waals surface area contributed by atoms with Crippen LogP contribution in [0.1, 0.15) is 25.3 Å². The first kappa shape index (κ1) is 11.3. The second kappa shape index (κ2) is 3.75. The summed E-state index contributed by atoms with van der Waals surface area (Å²) in [6, 6.07) is 0. The number of nitrogens with two attached hydrogens (primary N) is 1. The third kappa shape index (κ3) is 1.57. The van der Waals surface area contributed by atoms with Crippen molar-refractivity contribution in [3.05, 3.63) is 30.4 Å². The molecule has 0 radical (unpaired) electrons. The number of aromatic nitrogens is 5. The smallest absolute Gasteiger partial charge is 0.165 e. The molecule has 0 spiro atoms. The third-order valence-electron chi connectivity index (χ3n) is 4.04. The highest BCUT2D eigenvalue weighted by Gasteiger charge is 2.41. The van der Waals surface area contributed by atoms with Crippen LogP contribution in [0.2, 0.25) is 0 Å². The molecule has 0 bridgehead atoms. The molecule has 0 amide bonds. The van der Waals surface area contributed by atoms with Gasteiger partial charge < -0.3 is 5.73 Å². The molecule has 3 aromatic rings. The first-order valence-corrected chi connectivity index (χ1v) is 6.58. The van der Waals surface area contributed by atoms with Crippen LogP contribution in [-0.2, 0) is 5.41 Å². The number of hydrogen-bond acceptors (Lipinski definition) is 5. The summed E-state index contributed by atoms with van der Waals surface area (Å²) in [6.45, 7) is 2.23. The Labute approximate surface area is 115 Å². The molecule has 1 fully saturated rings. The summed E-state index contributed by atoms with van der Waals surface area (Å²) < 4.78 is 0. The van der Waals surface area contributed by atoms with Gasteiger partial charge in [-0.3, -0.25) is 10.1 Å². The lowest BCUT2D eigenvalue weighted by Gasteiger charge is -2.13. The van der Waals surface area contributed by atoms with Gasteiger partial charge in [-0.1, -0.05) is 6.92 Å². The van der Waals surface area contributed by atoms with E-state index >= 15 is 0 Å². The SMILES string of the molecule is CC1(c2cncc3nc(-c4cn[nH]c4)nc(N)c23)CC1. The maximum atomic E-state index is 6.18. The van der Waals surface area contributed by atoms with Crippen molar-refractivity contribution >= 4 is 16.7 Å². The van der Waals surface area contributed by atoms with E-state index in [0.717, 1.165) is 34.9 Å². The van der Waals surface area contributed by atoms with Crippen LogP contribution in [0.5, 0.6) is 0 Å². The molecular formula is C14H14N6. The molecule has 3 N–H and O–H groups in total. The van der Waals surface area contributed by atoms with E-state index in [1.165, 1.54) is 0 Å². The molecule has 6 heteroatoms. The second-order valence-corrected chi connectivity index (χ2v) is 5.56. The predicted octanol–water partition coefficient (Wildman–Crippen LogP) is 2.05. The van der Waals surface area contributed by atoms with Gasteiger partial charge >= 0.3 is 0 Å². The van der Waals surface area contributed by atoms with E-state index in [1.807, 2.05) is 6.20 Å². The van der Waals surface area contributed by atoms with Crippen molar-refractivity contribution in [3.8, 4) is 11.4 Å². The lowest BCUT2D eigenvalue weighted by Crippen LogP contribution is -2.06. The summed E-state index contributed by atoms with van der Waals surface area (Å²) in [6.07, 6.45) is 9.40. The van der Waals surface area contributed by atoms with Crippen LogP contribution >= 0.6 is 0 Å². The highest BCUT2D eigenvalue weighted by molar-refractivity contribution is 5.92. The molecular weight excluding hydrogens is 252 g/mol. The maximum Gasteiger partial charge on any atom is 0.165 e. The van der Waals surface area contributed by atoms with Crippen molar-refractivity contribution in [2.24, 2.45) is 0 Å². The Morgan fingerprint density at radius 1 is 1.20 bits per heavy atom. The molecule has 0 unspecified atom stereocenters. The lowest BCUT2D eigenvalue weighted by atomic mass is 9.96. The number of anilines is 1. The van der Waals surface area contributed by atoms with Crippen LogP contribution in [0, 0.1) is 0 Å². The van der Waals surface area contributed by atoms with Crippen LogP contribution < -0.4 is 5.73 Å². The van der Waals surface area contributed by atoms with Gasteiger partial charge in [-0.05, 0) is 23.8 Å². The molecule has 6 nitrogen and oxygen atoms in total. The number of H-pyrrole nitrogens is 1. The fourth-order valence-electron chi connectivity index (χ4n) is 2.53. The van der Waals surface area contributed by atoms with Gasteiger partial charge in [-0.25, -0.2) is 9.97 Å². The first-order valence-electron chi connectivity index (χ1n) is 6.58. The Hall–Kier alpha value is -2.50. The molecule has 0 atom stereocenters. The van der Waals surface area contributed by atoms with Gasteiger partial charge in [0.1, 0.15) is 5.82 Å². The molecule has 1 saturated carbocycles. The molecule has 20 heavy (non-hydrogen) atoms. The molecule has 4 rings (SSSR count). The summed E-state index contributed by atoms with van der Waals surface area (Å²) in [5.74, 6) is 1.08. The topological polar surface area (TPSA) is 93.4 Å². The zero-order valence-corrected chi connectivity index (χ0v) is 11.1. The number of hydrogen-bond donors (Lipinski definition) is 2. The average Bonchev–Trinajstić information content (AvgIpc) is 2.99. The van der Waals surface area contributed by atoms with Crippen molar-refractivity contribution < 1.29 is 0 Å². The molecule has 0 aliphatic heterocycles. The van der Waals surface area contributed by atoms with Crippen LogP contribution in [0.25, 0.3) is 22.3 Å². The molecule has 0 aromatic carbocycles. The predicted molar refractivity (Wildman–Crippen MR) is 75.9 cm³/mol. The summed E-state index contributed by atoms with van der Waals surface area (Å²) in [4.78, 5) is 13.3. The van der Waals surface area contributed by atoms with Gasteiger partial charge in [0.15, 0.2) is 5.82 Å². The van der Waals surface area contributed by atoms with E-state index in [-0.39, 0.29) is 5.41 Å². The van der Waals surface area contributed by atoms with Crippen LogP contribution in [0.4, 0.5) is 5.82 Å². The monoisotopic (exact) mass is 266 g/mol. The first-order chi connectivity index (χ1) is 9.67. The Bertz CT molecular complexity index is 789. The number of nitrogens with one attached hydrogen (secondary N) is 1. The summed E-state index contributed by atoms with van der Waals surface area (Å²) in [7, 11) is 0. The molecule has 3 aromatic heterocycles. The number of nitrogen functional groups attached to an aromatic ring is 1. The minimum Gasteiger partial charge on any atom is -0.383 e. The van der Waals surface area contributed by atoms with Gasteiger partial charge in [-0.15, -0.1) is 0 Å². The zero-order valence-electron chi connectivity index (χ0n) is 11.1. The highest BCUT2D eigenvalue weighted by atomic mass is 15.1. The normalized spacial score (nSPS) is 16.4. The number of nitrogens with zero attached hydrogens (tertiary/aromatic N) is 4. The van der Waals surface area contributed by atoms with Crippen molar-refractivity contribution in [1.29, 1.82) is 0 Å². The van der Waals surface area contributed by atoms with E-state index in [9.17, 15) is 0 Å². The largest absolute Gasteiger partial charge is 0.383 e. The molecule has 1 aliphatic rings. The summed E-state index contributed by atoms with van der Waals surface area (Å²) in [5.41, 5.74) is 9.13. The van der Waals surface area contributed by atoms with Gasteiger partial charge in [-0.2, -0.15) is 5.10 Å². The van der Waals surface area contributed by atoms with E-state index in [1.54, 1.807) is 18.6 Å². The Morgan fingerprint density at radius 2 is 2.05 bits per heavy atom. The number of rotatable bonds is 2. The van der Waals surface area contributed by atoms with Crippen LogP contribution in [0.15, 0.2) is 24.8 Å². The van der Waals surface area contributed by atoms with Crippen molar-refractivity contribution in [1.82, 2.24) is 25.1 Å². The number of fused-ring (bicyclic) bond motifs is 1. The van der Waals surface area contributed by atoms with E-state index in [4.69, 9.17) is 5.73 Å². The van der Waals surface area contributed by atoms with E-state index in [2.05, 4.69) is 32.1 Å². The fourth-order valence-corrected chi connectivity index (χ4v) is 2.53. The second-order valence-electron chi connectivity index (χ2n) is 5.56. The molecule has 1 aliphatic carbocycles. The molecule has 3 heterocycles. The highest BCUT2D eigenvalue weighted by Crippen LogP contribution is 2.50. The maximum absolute atomic E-state index is 6.18. The summed E-state index contributed by atoms with van der Waals surface area (Å²) >= 11 is 0. The standard InChI is InChI=1S/C14H14N6/c1-14(2-3-14)9-6-16-7-10-11(9)12(15)20-13(19-10)8-4-17-18-5-8/h4-7H,2-3H2,1H3,(H,17,18)(H2,15,19,20). The minimum atomic E-state index is 0.182. The van der Waals surface area contributed by atoms with Gasteiger partial charge in [0.2, 0.25) is 0 Å². The minimum absolute atomic E-state index is 0.182. The quantitative estimate of drug-likeness (QED) is 0.740. The Kier molecular flexibility index (Phi) is 2.13. The third-order valence-corrected chi connectivity index (χ3v) is 4.04. The van der Waals surface area contributed by atoms with Gasteiger partial charge in [0, 0.05) is 17.8 Å². The van der Waals surface area contributed by atoms with Gasteiger partial charge in [0.25, 0.3) is 0 Å². The average molecular weight is 266 g/mol. The van der Waals surface area contributed by atoms with Crippen LogP contribution in [-0.4, -0.2) is 25.1 Å². The summed E-state index contributed by atoms with van der Waals surface area (Å²) in [5, 5.41) is 7.61. The van der Waals surface area contributed by atoms with Crippen molar-refractivity contribution in [2.45, 2.75) is 25.2 Å². The number of pyridine rings is 1. The fraction of sp³-hybridized carbons (Fsp3) is 0.286. The lowest BCUT2D eigenvalue weighted by molar-refractivity contribution is 0.790. The Morgan fingerprint density at radius 3 is 2.75 bits per heavy atom. The van der Waals surface area contributed by atoms with Crippen molar-refractivity contribution in [2.75, 3.05) is 5.73 Å². The van der Waals surface area contributed by atoms with Crippen LogP contribution in [0.3, 0.4) is 0 Å². The Balaban J connectivity index is 1.99. The van der Waals surface area contributed by atoms with E-state index < -0.39 is 0 Å². The zero-order chi connectivity index (χ0) is 13.7. The molecule has 0 saturated heterocycles. The number of aromatic amines is 1.